The van der Waals surface area contributed by atoms with Crippen molar-refractivity contribution >= 4 is 81.1 Å². The number of halogens is 2. The van der Waals surface area contributed by atoms with Crippen molar-refractivity contribution in [2.75, 3.05) is 23.4 Å². The number of anilines is 3. The minimum absolute atomic E-state index is 0. The molecule has 28 heteroatoms. The van der Waals surface area contributed by atoms with E-state index in [1.807, 2.05) is 0 Å². The average molecular weight is 925 g/mol. The molecule has 0 saturated carbocycles. The SMILES string of the molecule is O=S(=O)([O-])O.[CH2-]CS(=O)(=O)c1ccc(N=Nc2[c-]cc3c(N=Nc4cc(Nc5cc(F)nc(F)n5)ccc4S(=O)(=O)[O-])c(NC)ccc3c2O)c(O)c1.[Cu].[Na+].[Na+].[Na+]. The fourth-order valence-electron chi connectivity index (χ4n) is 4.28. The van der Waals surface area contributed by atoms with Gasteiger partial charge in [0, 0.05) is 59.1 Å². The van der Waals surface area contributed by atoms with E-state index in [9.17, 15) is 40.4 Å². The summed E-state index contributed by atoms with van der Waals surface area (Å²) in [5.41, 5.74) is -0.196. The number of hydrogen-bond donors (Lipinski definition) is 5. The summed E-state index contributed by atoms with van der Waals surface area (Å²) >= 11 is 0. The van der Waals surface area contributed by atoms with Crippen LogP contribution in [0.1, 0.15) is 0 Å². The number of phenols is 2. The number of benzene rings is 4. The largest absolute Gasteiger partial charge is 1.00 e. The molecule has 5 aromatic rings. The molecule has 0 bridgehead atoms. The molecular weight excluding hydrogens is 903 g/mol. The molecule has 0 fully saturated rings. The summed E-state index contributed by atoms with van der Waals surface area (Å²) in [4.78, 5) is 5.38. The van der Waals surface area contributed by atoms with E-state index in [2.05, 4.69) is 54.0 Å². The second kappa shape index (κ2) is 22.9. The third kappa shape index (κ3) is 15.4. The van der Waals surface area contributed by atoms with Crippen LogP contribution in [0.4, 0.5) is 48.7 Å². The molecule has 0 aliphatic rings. The van der Waals surface area contributed by atoms with Crippen LogP contribution in [0, 0.1) is 25.0 Å². The second-order valence-corrected chi connectivity index (χ2v) is 14.4. The van der Waals surface area contributed by atoms with Gasteiger partial charge in [0.25, 0.3) is 0 Å². The quantitative estimate of drug-likeness (QED) is 0.0171. The van der Waals surface area contributed by atoms with Crippen LogP contribution in [0.25, 0.3) is 10.8 Å². The van der Waals surface area contributed by atoms with Crippen molar-refractivity contribution in [3.8, 4) is 11.5 Å². The van der Waals surface area contributed by atoms with Crippen molar-refractivity contribution in [3.05, 3.63) is 85.7 Å². The topological polar surface area (TPSA) is 309 Å². The Morgan fingerprint density at radius 1 is 0.842 bits per heavy atom. The fraction of sp³-hybridized carbons (Fsp3) is 0.0690. The van der Waals surface area contributed by atoms with Gasteiger partial charge in [0.1, 0.15) is 33.1 Å². The van der Waals surface area contributed by atoms with Gasteiger partial charge in [-0.05, 0) is 36.4 Å². The average Bonchev–Trinajstić information content (AvgIpc) is 3.05. The van der Waals surface area contributed by atoms with Gasteiger partial charge in [-0.25, -0.2) is 25.3 Å². The zero-order valence-corrected chi connectivity index (χ0v) is 39.2. The Morgan fingerprint density at radius 2 is 1.47 bits per heavy atom. The molecule has 0 amide bonds. The van der Waals surface area contributed by atoms with Crippen molar-refractivity contribution in [2.45, 2.75) is 9.79 Å². The molecule has 19 nitrogen and oxygen atoms in total. The molecule has 5 rings (SSSR count). The zero-order chi connectivity index (χ0) is 39.3. The number of sulfone groups is 1. The van der Waals surface area contributed by atoms with Crippen LogP contribution in [0.3, 0.4) is 0 Å². The summed E-state index contributed by atoms with van der Waals surface area (Å²) in [5.74, 6) is -2.78. The van der Waals surface area contributed by atoms with Crippen LogP contribution in [-0.2, 0) is 47.4 Å². The van der Waals surface area contributed by atoms with E-state index in [4.69, 9.17) is 17.5 Å². The second-order valence-electron chi connectivity index (χ2n) is 10.1. The standard InChI is InChI=1S/C29H22F2N8O7S2.Cu.3Na.H2O4S/c1-3-47(42,43)16-5-8-19(23(40)13-16)36-37-21-10-6-17-18(28(21)41)7-9-20(32-2)27(17)39-38-22-12-15(4-11-24(22)48(44,45)46)33-26-14-25(30)34-29(31)35-26;;;;;1-5(2,3)4/h4-9,11-14,32,40-41H,1,3H2,2H3,(H,33,34,35)(H,44,45,46);;;;;(H2,1,2,3,4)/q-2;;3*+1;/p-2. The van der Waals surface area contributed by atoms with Gasteiger partial charge in [-0.3, -0.25) is 4.55 Å². The van der Waals surface area contributed by atoms with Crippen molar-refractivity contribution < 1.29 is 164 Å². The Kier molecular flexibility index (Phi) is 22.0. The van der Waals surface area contributed by atoms with Crippen LogP contribution in [0.5, 0.6) is 11.5 Å². The molecule has 1 radical (unpaired) electrons. The Balaban J connectivity index is 0.00000328. The van der Waals surface area contributed by atoms with Crippen LogP contribution in [-0.4, -0.2) is 71.9 Å². The summed E-state index contributed by atoms with van der Waals surface area (Å²) in [5, 5.41) is 43.1. The summed E-state index contributed by atoms with van der Waals surface area (Å²) in [6.45, 7) is 3.35. The Hall–Kier alpha value is -2.27. The first-order chi connectivity index (χ1) is 24.7. The summed E-state index contributed by atoms with van der Waals surface area (Å²) in [6, 6.07) is 14.5. The van der Waals surface area contributed by atoms with Crippen molar-refractivity contribution in [2.24, 2.45) is 20.5 Å². The summed E-state index contributed by atoms with van der Waals surface area (Å²) in [7, 11) is -12.1. The molecule has 57 heavy (non-hydrogen) atoms. The molecule has 0 aliphatic heterocycles. The van der Waals surface area contributed by atoms with Gasteiger partial charge >= 0.3 is 94.8 Å². The first-order valence-corrected chi connectivity index (χ1v) is 18.4. The fourth-order valence-corrected chi connectivity index (χ4v) is 5.67. The van der Waals surface area contributed by atoms with E-state index in [0.717, 1.165) is 30.3 Å². The summed E-state index contributed by atoms with van der Waals surface area (Å²) < 4.78 is 120. The van der Waals surface area contributed by atoms with E-state index in [-0.39, 0.29) is 150 Å². The van der Waals surface area contributed by atoms with E-state index < -0.39 is 70.2 Å². The third-order valence-corrected chi connectivity index (χ3v) is 8.97. The zero-order valence-electron chi connectivity index (χ0n) is 29.8. The maximum atomic E-state index is 13.5. The van der Waals surface area contributed by atoms with Crippen molar-refractivity contribution in [1.29, 1.82) is 0 Å². The number of aromatic hydroxyl groups is 2. The molecule has 0 unspecified atom stereocenters. The van der Waals surface area contributed by atoms with Crippen LogP contribution in [0.15, 0.2) is 90.9 Å². The molecule has 5 N–H and O–H groups in total. The maximum Gasteiger partial charge on any atom is 1.00 e. The van der Waals surface area contributed by atoms with Gasteiger partial charge in [0.05, 0.1) is 15.5 Å². The van der Waals surface area contributed by atoms with Gasteiger partial charge in [0.15, 0.2) is 9.84 Å². The Bertz CT molecular complexity index is 2610. The maximum absolute atomic E-state index is 13.5. The molecular formula is C29H22CuF2N8Na3O11S3-. The molecule has 291 valence electrons. The third-order valence-electron chi connectivity index (χ3n) is 6.58. The van der Waals surface area contributed by atoms with Gasteiger partial charge < -0.3 is 36.9 Å². The van der Waals surface area contributed by atoms with E-state index in [1.165, 1.54) is 30.3 Å². The minimum Gasteiger partial charge on any atom is -0.744 e. The van der Waals surface area contributed by atoms with Crippen molar-refractivity contribution in [3.63, 3.8) is 0 Å². The van der Waals surface area contributed by atoms with Gasteiger partial charge in [-0.1, -0.05) is 22.6 Å². The number of hydrogen-bond acceptors (Lipinski definition) is 18. The van der Waals surface area contributed by atoms with Gasteiger partial charge in [0.2, 0.25) is 16.3 Å². The normalized spacial score (nSPS) is 11.4. The van der Waals surface area contributed by atoms with E-state index in [1.54, 1.807) is 7.05 Å². The number of nitrogens with one attached hydrogen (secondary N) is 2. The number of fused-ring (bicyclic) bond motifs is 1. The molecule has 0 atom stereocenters. The van der Waals surface area contributed by atoms with Crippen molar-refractivity contribution in [1.82, 2.24) is 9.97 Å². The summed E-state index contributed by atoms with van der Waals surface area (Å²) in [6.07, 6.45) is -1.36. The number of azo groups is 2. The predicted molar refractivity (Wildman–Crippen MR) is 180 cm³/mol. The van der Waals surface area contributed by atoms with Crippen LogP contribution < -0.4 is 99.3 Å². The number of phenolic OH excluding ortho intramolecular Hbond substituents is 2. The van der Waals surface area contributed by atoms with Gasteiger partial charge in [-0.2, -0.15) is 46.2 Å². The molecule has 0 saturated heterocycles. The smallest absolute Gasteiger partial charge is 0.744 e. The number of aromatic nitrogens is 2. The Labute approximate surface area is 400 Å². The van der Waals surface area contributed by atoms with Crippen LogP contribution in [0.2, 0.25) is 0 Å². The molecule has 0 aliphatic carbocycles. The van der Waals surface area contributed by atoms with E-state index >= 15 is 0 Å². The Morgan fingerprint density at radius 3 is 2.04 bits per heavy atom. The number of rotatable bonds is 10. The minimum atomic E-state index is -5.07. The monoisotopic (exact) mass is 924 g/mol. The first kappa shape index (κ1) is 54.7. The van der Waals surface area contributed by atoms with E-state index in [0.29, 0.717) is 5.69 Å². The van der Waals surface area contributed by atoms with Crippen LogP contribution >= 0.6 is 0 Å². The molecule has 4 aromatic carbocycles. The first-order valence-electron chi connectivity index (χ1n) is 14.0. The number of nitrogens with zero attached hydrogens (tertiary/aromatic N) is 6. The molecule has 1 aromatic heterocycles. The molecule has 0 spiro atoms. The van der Waals surface area contributed by atoms with Gasteiger partial charge in [-0.15, -0.1) is 5.11 Å². The molecule has 1 heterocycles. The predicted octanol–water partition coefficient (Wildman–Crippen LogP) is -3.74.